The number of aromatic nitrogens is 3. The third-order valence-corrected chi connectivity index (χ3v) is 8.30. The van der Waals surface area contributed by atoms with Crippen LogP contribution in [0.1, 0.15) is 25.6 Å². The lowest BCUT2D eigenvalue weighted by Crippen LogP contribution is -2.46. The Hall–Kier alpha value is -3.77. The van der Waals surface area contributed by atoms with Gasteiger partial charge in [-0.15, -0.1) is 0 Å². The van der Waals surface area contributed by atoms with Gasteiger partial charge in [0.2, 0.25) is 0 Å². The molecule has 2 atom stereocenters. The predicted molar refractivity (Wildman–Crippen MR) is 160 cm³/mol. The third-order valence-electron chi connectivity index (χ3n) is 8.30. The van der Waals surface area contributed by atoms with Gasteiger partial charge in [0, 0.05) is 50.4 Å². The molecule has 3 heterocycles. The number of piperazine rings is 1. The third kappa shape index (κ3) is 5.66. The first-order valence-electron chi connectivity index (χ1n) is 14.3. The SMILES string of the molecule is CC1C=CC=CC1Cn1c(CCCCN2CCN(c3ccc4ccccc4n3)CC2)nc2ccccc2c1=O. The second kappa shape index (κ2) is 11.5. The summed E-state index contributed by atoms with van der Waals surface area (Å²) >= 11 is 0. The molecule has 1 aliphatic carbocycles. The van der Waals surface area contributed by atoms with Gasteiger partial charge in [0.25, 0.3) is 5.56 Å². The van der Waals surface area contributed by atoms with Crippen molar-refractivity contribution in [1.29, 1.82) is 0 Å². The van der Waals surface area contributed by atoms with Gasteiger partial charge in [0.1, 0.15) is 11.6 Å². The van der Waals surface area contributed by atoms with E-state index < -0.39 is 0 Å². The van der Waals surface area contributed by atoms with Crippen LogP contribution in [0.15, 0.2) is 89.8 Å². The maximum atomic E-state index is 13.5. The Morgan fingerprint density at radius 2 is 1.59 bits per heavy atom. The van der Waals surface area contributed by atoms with Crippen molar-refractivity contribution < 1.29 is 0 Å². The number of allylic oxidation sites excluding steroid dienone is 4. The zero-order valence-electron chi connectivity index (χ0n) is 22.7. The molecule has 0 spiro atoms. The van der Waals surface area contributed by atoms with Crippen molar-refractivity contribution in [2.45, 2.75) is 32.7 Å². The van der Waals surface area contributed by atoms with Gasteiger partial charge in [-0.3, -0.25) is 14.3 Å². The Balaban J connectivity index is 1.06. The van der Waals surface area contributed by atoms with E-state index in [1.54, 1.807) is 0 Å². The number of para-hydroxylation sites is 2. The van der Waals surface area contributed by atoms with E-state index in [9.17, 15) is 4.79 Å². The largest absolute Gasteiger partial charge is 0.354 e. The van der Waals surface area contributed by atoms with E-state index in [2.05, 4.69) is 77.4 Å². The molecule has 1 aliphatic heterocycles. The summed E-state index contributed by atoms with van der Waals surface area (Å²) in [6.45, 7) is 8.07. The van der Waals surface area contributed by atoms with Crippen LogP contribution in [0.4, 0.5) is 5.82 Å². The topological polar surface area (TPSA) is 54.3 Å². The van der Waals surface area contributed by atoms with Crippen molar-refractivity contribution >= 4 is 27.6 Å². The average Bonchev–Trinajstić information content (AvgIpc) is 2.98. The molecule has 2 aromatic carbocycles. The standard InChI is InChI=1S/C33H37N5O/c1-25-10-2-3-12-27(25)24-38-32(35-30-15-7-5-13-28(30)33(38)39)16-8-9-19-36-20-22-37(23-21-36)31-18-17-26-11-4-6-14-29(26)34-31/h2-7,10-15,17-18,25,27H,8-9,16,19-24H2,1H3. The Labute approximate surface area is 230 Å². The highest BCUT2D eigenvalue weighted by molar-refractivity contribution is 5.80. The van der Waals surface area contributed by atoms with Gasteiger partial charge in [0.05, 0.1) is 16.4 Å². The Morgan fingerprint density at radius 1 is 0.821 bits per heavy atom. The summed E-state index contributed by atoms with van der Waals surface area (Å²) in [6, 6.07) is 20.4. The molecule has 0 bridgehead atoms. The van der Waals surface area contributed by atoms with Crippen molar-refractivity contribution in [3.8, 4) is 0 Å². The van der Waals surface area contributed by atoms with E-state index in [1.807, 2.05) is 28.8 Å². The second-order valence-electron chi connectivity index (χ2n) is 10.9. The number of hydrogen-bond acceptors (Lipinski definition) is 5. The Kier molecular flexibility index (Phi) is 7.55. The maximum absolute atomic E-state index is 13.5. The molecular weight excluding hydrogens is 482 g/mol. The Bertz CT molecular complexity index is 1560. The molecule has 6 nitrogen and oxygen atoms in total. The minimum absolute atomic E-state index is 0.0872. The molecule has 0 N–H and O–H groups in total. The quantitative estimate of drug-likeness (QED) is 0.289. The summed E-state index contributed by atoms with van der Waals surface area (Å²) < 4.78 is 1.95. The van der Waals surface area contributed by atoms with E-state index in [4.69, 9.17) is 9.97 Å². The van der Waals surface area contributed by atoms with Crippen LogP contribution in [0.2, 0.25) is 0 Å². The van der Waals surface area contributed by atoms with Crippen LogP contribution in [0.3, 0.4) is 0 Å². The number of hydrogen-bond donors (Lipinski definition) is 0. The number of rotatable bonds is 8. The number of pyridine rings is 1. The van der Waals surface area contributed by atoms with Gasteiger partial charge in [-0.05, 0) is 55.6 Å². The number of fused-ring (bicyclic) bond motifs is 2. The number of anilines is 1. The molecule has 6 heteroatoms. The minimum atomic E-state index is 0.0872. The molecule has 6 rings (SSSR count). The molecule has 200 valence electrons. The van der Waals surface area contributed by atoms with Crippen LogP contribution in [0.5, 0.6) is 0 Å². The monoisotopic (exact) mass is 519 g/mol. The van der Waals surface area contributed by atoms with E-state index in [1.165, 1.54) is 5.39 Å². The van der Waals surface area contributed by atoms with Gasteiger partial charge >= 0.3 is 0 Å². The van der Waals surface area contributed by atoms with Crippen LogP contribution < -0.4 is 10.5 Å². The summed E-state index contributed by atoms with van der Waals surface area (Å²) in [6.07, 6.45) is 11.6. The van der Waals surface area contributed by atoms with Crippen molar-refractivity contribution in [2.24, 2.45) is 11.8 Å². The lowest BCUT2D eigenvalue weighted by molar-refractivity contribution is 0.252. The summed E-state index contributed by atoms with van der Waals surface area (Å²) in [5.74, 6) is 2.71. The normalized spacial score (nSPS) is 19.8. The van der Waals surface area contributed by atoms with Crippen molar-refractivity contribution in [2.75, 3.05) is 37.6 Å². The van der Waals surface area contributed by atoms with E-state index in [-0.39, 0.29) is 5.56 Å². The zero-order valence-corrected chi connectivity index (χ0v) is 22.7. The molecule has 0 saturated carbocycles. The van der Waals surface area contributed by atoms with E-state index in [0.29, 0.717) is 23.8 Å². The first-order chi connectivity index (χ1) is 19.2. The highest BCUT2D eigenvalue weighted by Crippen LogP contribution is 2.22. The highest BCUT2D eigenvalue weighted by Gasteiger charge is 2.20. The molecule has 4 aromatic rings. The molecule has 39 heavy (non-hydrogen) atoms. The van der Waals surface area contributed by atoms with Crippen LogP contribution >= 0.6 is 0 Å². The molecule has 1 fully saturated rings. The number of nitrogens with zero attached hydrogens (tertiary/aromatic N) is 5. The maximum Gasteiger partial charge on any atom is 0.261 e. The van der Waals surface area contributed by atoms with Crippen molar-refractivity contribution in [3.63, 3.8) is 0 Å². The molecule has 0 radical (unpaired) electrons. The van der Waals surface area contributed by atoms with Gasteiger partial charge in [-0.2, -0.15) is 0 Å². The first-order valence-corrected chi connectivity index (χ1v) is 14.3. The highest BCUT2D eigenvalue weighted by atomic mass is 16.1. The number of unbranched alkanes of at least 4 members (excludes halogenated alkanes) is 1. The lowest BCUT2D eigenvalue weighted by Gasteiger charge is -2.35. The second-order valence-corrected chi connectivity index (χ2v) is 10.9. The number of aryl methyl sites for hydroxylation is 1. The summed E-state index contributed by atoms with van der Waals surface area (Å²) in [5.41, 5.74) is 1.95. The van der Waals surface area contributed by atoms with Crippen molar-refractivity contribution in [3.05, 3.63) is 101 Å². The molecular formula is C33H37N5O. The summed E-state index contributed by atoms with van der Waals surface area (Å²) in [5, 5.41) is 1.90. The van der Waals surface area contributed by atoms with Gasteiger partial charge in [0.15, 0.2) is 0 Å². The van der Waals surface area contributed by atoms with Crippen LogP contribution in [0.25, 0.3) is 21.8 Å². The number of benzene rings is 2. The fourth-order valence-electron chi connectivity index (χ4n) is 5.85. The predicted octanol–water partition coefficient (Wildman–Crippen LogP) is 5.47. The first kappa shape index (κ1) is 25.5. The van der Waals surface area contributed by atoms with Crippen LogP contribution in [0, 0.1) is 11.8 Å². The van der Waals surface area contributed by atoms with Crippen LogP contribution in [-0.4, -0.2) is 52.2 Å². The smallest absolute Gasteiger partial charge is 0.261 e. The molecule has 2 unspecified atom stereocenters. The van der Waals surface area contributed by atoms with Gasteiger partial charge < -0.3 is 4.90 Å². The van der Waals surface area contributed by atoms with Gasteiger partial charge in [-0.1, -0.05) is 61.6 Å². The molecule has 2 aliphatic rings. The van der Waals surface area contributed by atoms with Crippen molar-refractivity contribution in [1.82, 2.24) is 19.4 Å². The summed E-state index contributed by atoms with van der Waals surface area (Å²) in [4.78, 5) is 28.3. The van der Waals surface area contributed by atoms with Gasteiger partial charge in [-0.25, -0.2) is 9.97 Å². The summed E-state index contributed by atoms with van der Waals surface area (Å²) in [7, 11) is 0. The fraction of sp³-hybridized carbons (Fsp3) is 0.364. The molecule has 2 aromatic heterocycles. The fourth-order valence-corrected chi connectivity index (χ4v) is 5.85. The minimum Gasteiger partial charge on any atom is -0.354 e. The lowest BCUT2D eigenvalue weighted by atomic mass is 9.90. The van der Waals surface area contributed by atoms with E-state index >= 15 is 0 Å². The average molecular weight is 520 g/mol. The zero-order chi connectivity index (χ0) is 26.6. The molecule has 0 amide bonds. The molecule has 1 saturated heterocycles. The van der Waals surface area contributed by atoms with Crippen LogP contribution in [-0.2, 0) is 13.0 Å². The Morgan fingerprint density at radius 3 is 2.44 bits per heavy atom. The van der Waals surface area contributed by atoms with E-state index in [0.717, 1.165) is 74.7 Å².